The summed E-state index contributed by atoms with van der Waals surface area (Å²) in [6, 6.07) is 3.94. The monoisotopic (exact) mass is 151 g/mol. The third kappa shape index (κ3) is 1.43. The summed E-state index contributed by atoms with van der Waals surface area (Å²) in [7, 11) is 0. The molecule has 0 aliphatic rings. The number of hydrazine groups is 1. The Morgan fingerprint density at radius 1 is 1.27 bits per heavy atom. The molecule has 0 radical (unpaired) electrons. The van der Waals surface area contributed by atoms with Crippen LogP contribution < -0.4 is 17.0 Å². The molecular formula is C8H13N3. The van der Waals surface area contributed by atoms with Crippen molar-refractivity contribution >= 4 is 11.4 Å². The Morgan fingerprint density at radius 2 is 1.91 bits per heavy atom. The van der Waals surface area contributed by atoms with E-state index < -0.39 is 0 Å². The molecule has 0 saturated heterocycles. The molecule has 0 aliphatic heterocycles. The van der Waals surface area contributed by atoms with Gasteiger partial charge in [0.05, 0.1) is 11.4 Å². The van der Waals surface area contributed by atoms with Gasteiger partial charge in [-0.2, -0.15) is 0 Å². The quantitative estimate of drug-likeness (QED) is 0.321. The average Bonchev–Trinajstić information content (AvgIpc) is 1.96. The summed E-state index contributed by atoms with van der Waals surface area (Å²) < 4.78 is 0. The number of hydrogen-bond acceptors (Lipinski definition) is 3. The second kappa shape index (κ2) is 2.80. The smallest absolute Gasteiger partial charge is 0.0721 e. The highest BCUT2D eigenvalue weighted by atomic mass is 15.2. The first kappa shape index (κ1) is 7.88. The van der Waals surface area contributed by atoms with Crippen molar-refractivity contribution in [3.8, 4) is 0 Å². The lowest BCUT2D eigenvalue weighted by molar-refractivity contribution is 1.31. The molecule has 0 heterocycles. The normalized spacial score (nSPS) is 9.73. The lowest BCUT2D eigenvalue weighted by atomic mass is 10.1. The second-order valence-electron chi connectivity index (χ2n) is 2.69. The Bertz CT molecular complexity index is 268. The third-order valence-corrected chi connectivity index (χ3v) is 1.69. The molecule has 0 unspecified atom stereocenters. The summed E-state index contributed by atoms with van der Waals surface area (Å²) in [5.74, 6) is 5.26. The average molecular weight is 151 g/mol. The fourth-order valence-electron chi connectivity index (χ4n) is 1.10. The van der Waals surface area contributed by atoms with Crippen molar-refractivity contribution < 1.29 is 0 Å². The van der Waals surface area contributed by atoms with Gasteiger partial charge in [0.1, 0.15) is 0 Å². The van der Waals surface area contributed by atoms with Gasteiger partial charge in [-0.3, -0.25) is 5.84 Å². The number of nitrogens with one attached hydrogen (secondary N) is 1. The predicted octanol–water partition coefficient (Wildman–Crippen LogP) is 1.17. The third-order valence-electron chi connectivity index (χ3n) is 1.69. The van der Waals surface area contributed by atoms with Gasteiger partial charge < -0.3 is 11.2 Å². The lowest BCUT2D eigenvalue weighted by Crippen LogP contribution is -2.10. The van der Waals surface area contributed by atoms with Gasteiger partial charge >= 0.3 is 0 Å². The van der Waals surface area contributed by atoms with Crippen LogP contribution in [0.25, 0.3) is 0 Å². The van der Waals surface area contributed by atoms with Crippen LogP contribution in [0.3, 0.4) is 0 Å². The minimum absolute atomic E-state index is 0.720. The Kier molecular flexibility index (Phi) is 2.01. The van der Waals surface area contributed by atoms with E-state index in [0.29, 0.717) is 0 Å². The first-order valence-electron chi connectivity index (χ1n) is 3.48. The van der Waals surface area contributed by atoms with Crippen LogP contribution in [0.5, 0.6) is 0 Å². The SMILES string of the molecule is Cc1cc(C)c(N)c(NN)c1. The number of nitrogens with two attached hydrogens (primary N) is 2. The molecule has 3 heteroatoms. The van der Waals surface area contributed by atoms with E-state index in [-0.39, 0.29) is 0 Å². The maximum Gasteiger partial charge on any atom is 0.0721 e. The summed E-state index contributed by atoms with van der Waals surface area (Å²) in [5.41, 5.74) is 12.0. The molecule has 11 heavy (non-hydrogen) atoms. The van der Waals surface area contributed by atoms with Gasteiger partial charge in [0.2, 0.25) is 0 Å². The molecule has 0 atom stereocenters. The number of hydrogen-bond donors (Lipinski definition) is 3. The van der Waals surface area contributed by atoms with E-state index in [0.717, 1.165) is 22.5 Å². The Labute approximate surface area is 66.4 Å². The molecule has 3 nitrogen and oxygen atoms in total. The van der Waals surface area contributed by atoms with Crippen molar-refractivity contribution in [3.63, 3.8) is 0 Å². The van der Waals surface area contributed by atoms with E-state index in [4.69, 9.17) is 11.6 Å². The Morgan fingerprint density at radius 3 is 2.45 bits per heavy atom. The minimum Gasteiger partial charge on any atom is -0.397 e. The first-order chi connectivity index (χ1) is 5.15. The molecular weight excluding hydrogens is 138 g/mol. The van der Waals surface area contributed by atoms with Crippen molar-refractivity contribution in [1.82, 2.24) is 0 Å². The highest BCUT2D eigenvalue weighted by Crippen LogP contribution is 2.22. The van der Waals surface area contributed by atoms with E-state index in [1.807, 2.05) is 26.0 Å². The van der Waals surface area contributed by atoms with Crippen LogP contribution >= 0.6 is 0 Å². The fraction of sp³-hybridized carbons (Fsp3) is 0.250. The molecule has 5 N–H and O–H groups in total. The van der Waals surface area contributed by atoms with Gasteiger partial charge in [-0.1, -0.05) is 6.07 Å². The van der Waals surface area contributed by atoms with Crippen LogP contribution in [0.15, 0.2) is 12.1 Å². The van der Waals surface area contributed by atoms with E-state index >= 15 is 0 Å². The van der Waals surface area contributed by atoms with Gasteiger partial charge in [0, 0.05) is 0 Å². The summed E-state index contributed by atoms with van der Waals surface area (Å²) in [4.78, 5) is 0. The van der Waals surface area contributed by atoms with Gasteiger partial charge in [-0.15, -0.1) is 0 Å². The van der Waals surface area contributed by atoms with E-state index in [9.17, 15) is 0 Å². The number of nitrogen functional groups attached to an aromatic ring is 2. The maximum atomic E-state index is 5.72. The molecule has 0 aliphatic carbocycles. The largest absolute Gasteiger partial charge is 0.397 e. The van der Waals surface area contributed by atoms with Crippen LogP contribution in [0, 0.1) is 13.8 Å². The maximum absolute atomic E-state index is 5.72. The zero-order valence-corrected chi connectivity index (χ0v) is 6.81. The molecule has 1 rings (SSSR count). The summed E-state index contributed by atoms with van der Waals surface area (Å²) in [6.45, 7) is 3.97. The molecule has 0 saturated carbocycles. The van der Waals surface area contributed by atoms with Crippen molar-refractivity contribution in [1.29, 1.82) is 0 Å². The van der Waals surface area contributed by atoms with Gasteiger partial charge in [0.15, 0.2) is 0 Å². The standard InChI is InChI=1S/C8H13N3/c1-5-3-6(2)8(9)7(4-5)11-10/h3-4,11H,9-10H2,1-2H3. The summed E-state index contributed by atoms with van der Waals surface area (Å²) in [5, 5.41) is 0. The van der Waals surface area contributed by atoms with E-state index in [1.54, 1.807) is 0 Å². The van der Waals surface area contributed by atoms with Crippen LogP contribution in [-0.2, 0) is 0 Å². The van der Waals surface area contributed by atoms with Crippen molar-refractivity contribution in [2.75, 3.05) is 11.2 Å². The van der Waals surface area contributed by atoms with E-state index in [2.05, 4.69) is 5.43 Å². The highest BCUT2D eigenvalue weighted by molar-refractivity contribution is 5.70. The van der Waals surface area contributed by atoms with Gasteiger partial charge in [-0.25, -0.2) is 0 Å². The zero-order chi connectivity index (χ0) is 8.43. The summed E-state index contributed by atoms with van der Waals surface area (Å²) in [6.07, 6.45) is 0. The number of benzene rings is 1. The van der Waals surface area contributed by atoms with Crippen molar-refractivity contribution in [2.45, 2.75) is 13.8 Å². The Balaban J connectivity index is 3.24. The molecule has 1 aromatic rings. The van der Waals surface area contributed by atoms with Crippen LogP contribution in [-0.4, -0.2) is 0 Å². The molecule has 60 valence electrons. The molecule has 0 spiro atoms. The number of anilines is 2. The fourth-order valence-corrected chi connectivity index (χ4v) is 1.10. The zero-order valence-electron chi connectivity index (χ0n) is 6.81. The predicted molar refractivity (Wildman–Crippen MR) is 48.1 cm³/mol. The van der Waals surface area contributed by atoms with Crippen molar-refractivity contribution in [2.24, 2.45) is 5.84 Å². The van der Waals surface area contributed by atoms with Crippen LogP contribution in [0.2, 0.25) is 0 Å². The topological polar surface area (TPSA) is 64.1 Å². The summed E-state index contributed by atoms with van der Waals surface area (Å²) >= 11 is 0. The number of aryl methyl sites for hydroxylation is 2. The Hall–Kier alpha value is -1.22. The molecule has 0 bridgehead atoms. The number of rotatable bonds is 1. The molecule has 1 aromatic carbocycles. The van der Waals surface area contributed by atoms with Gasteiger partial charge in [-0.05, 0) is 31.0 Å². The first-order valence-corrected chi connectivity index (χ1v) is 3.48. The highest BCUT2D eigenvalue weighted by Gasteiger charge is 2.00. The lowest BCUT2D eigenvalue weighted by Gasteiger charge is -2.08. The molecule has 0 aromatic heterocycles. The second-order valence-corrected chi connectivity index (χ2v) is 2.69. The van der Waals surface area contributed by atoms with Crippen molar-refractivity contribution in [3.05, 3.63) is 23.3 Å². The molecule has 0 fully saturated rings. The minimum atomic E-state index is 0.720. The molecule has 0 amide bonds. The van der Waals surface area contributed by atoms with Gasteiger partial charge in [0.25, 0.3) is 0 Å². The van der Waals surface area contributed by atoms with Crippen LogP contribution in [0.4, 0.5) is 11.4 Å². The van der Waals surface area contributed by atoms with Crippen LogP contribution in [0.1, 0.15) is 11.1 Å². The van der Waals surface area contributed by atoms with E-state index in [1.165, 1.54) is 0 Å².